The van der Waals surface area contributed by atoms with E-state index in [-0.39, 0.29) is 28.7 Å². The highest BCUT2D eigenvalue weighted by Gasteiger charge is 2.34. The maximum absolute atomic E-state index is 12.8. The number of carbonyl (C=O) groups is 1. The molecule has 2 aromatic rings. The SMILES string of the molecule is COc1cc(=O)n(C)cc1C(=O)NC1CN(c2cc(C(F)(F)F)ccn2)C1. The minimum Gasteiger partial charge on any atom is -0.496 e. The minimum absolute atomic E-state index is 0.159. The Morgan fingerprint density at radius 1 is 1.33 bits per heavy atom. The lowest BCUT2D eigenvalue weighted by atomic mass is 10.1. The molecular weight excluding hydrogens is 365 g/mol. The van der Waals surface area contributed by atoms with Gasteiger partial charge in [0, 0.05) is 38.6 Å². The Morgan fingerprint density at radius 3 is 2.67 bits per heavy atom. The third-order valence-corrected chi connectivity index (χ3v) is 4.27. The molecule has 0 aromatic carbocycles. The fourth-order valence-electron chi connectivity index (χ4n) is 2.74. The van der Waals surface area contributed by atoms with Crippen LogP contribution in [0.1, 0.15) is 15.9 Å². The van der Waals surface area contributed by atoms with E-state index in [4.69, 9.17) is 4.74 Å². The zero-order chi connectivity index (χ0) is 19.8. The smallest absolute Gasteiger partial charge is 0.416 e. The van der Waals surface area contributed by atoms with Crippen molar-refractivity contribution >= 4 is 11.7 Å². The lowest BCUT2D eigenvalue weighted by Gasteiger charge is -2.40. The third-order valence-electron chi connectivity index (χ3n) is 4.27. The van der Waals surface area contributed by atoms with Gasteiger partial charge in [-0.2, -0.15) is 13.2 Å². The predicted molar refractivity (Wildman–Crippen MR) is 90.9 cm³/mol. The number of pyridine rings is 2. The van der Waals surface area contributed by atoms with Crippen molar-refractivity contribution in [2.24, 2.45) is 7.05 Å². The molecular formula is C17H17F3N4O3. The number of nitrogens with zero attached hydrogens (tertiary/aromatic N) is 3. The van der Waals surface area contributed by atoms with Crippen molar-refractivity contribution in [3.05, 3.63) is 52.1 Å². The van der Waals surface area contributed by atoms with E-state index < -0.39 is 17.6 Å². The largest absolute Gasteiger partial charge is 0.496 e. The summed E-state index contributed by atoms with van der Waals surface area (Å²) >= 11 is 0. The molecule has 7 nitrogen and oxygen atoms in total. The van der Waals surface area contributed by atoms with Crippen LogP contribution in [-0.4, -0.2) is 41.7 Å². The van der Waals surface area contributed by atoms with Crippen LogP contribution >= 0.6 is 0 Å². The minimum atomic E-state index is -4.43. The van der Waals surface area contributed by atoms with E-state index in [1.165, 1.54) is 31.0 Å². The average molecular weight is 382 g/mol. The molecule has 1 N–H and O–H groups in total. The number of methoxy groups -OCH3 is 1. The molecule has 1 aliphatic rings. The molecule has 3 heterocycles. The second-order valence-corrected chi connectivity index (χ2v) is 6.18. The first-order chi connectivity index (χ1) is 12.7. The number of nitrogens with one attached hydrogen (secondary N) is 1. The van der Waals surface area contributed by atoms with E-state index in [9.17, 15) is 22.8 Å². The van der Waals surface area contributed by atoms with E-state index in [2.05, 4.69) is 10.3 Å². The molecule has 144 valence electrons. The first-order valence-corrected chi connectivity index (χ1v) is 8.03. The van der Waals surface area contributed by atoms with Crippen molar-refractivity contribution < 1.29 is 22.7 Å². The number of anilines is 1. The Morgan fingerprint density at radius 2 is 2.04 bits per heavy atom. The van der Waals surface area contributed by atoms with Gasteiger partial charge in [-0.15, -0.1) is 0 Å². The van der Waals surface area contributed by atoms with Gasteiger partial charge in [0.15, 0.2) is 0 Å². The van der Waals surface area contributed by atoms with Crippen LogP contribution < -0.4 is 20.5 Å². The van der Waals surface area contributed by atoms with Crippen LogP contribution in [0, 0.1) is 0 Å². The number of hydrogen-bond acceptors (Lipinski definition) is 5. The van der Waals surface area contributed by atoms with Gasteiger partial charge in [-0.1, -0.05) is 0 Å². The van der Waals surface area contributed by atoms with Crippen LogP contribution in [0.3, 0.4) is 0 Å². The first kappa shape index (κ1) is 18.7. The van der Waals surface area contributed by atoms with Gasteiger partial charge in [-0.25, -0.2) is 4.98 Å². The molecule has 0 saturated carbocycles. The normalized spacial score (nSPS) is 14.6. The second kappa shape index (κ2) is 6.93. The van der Waals surface area contributed by atoms with E-state index >= 15 is 0 Å². The molecule has 0 atom stereocenters. The molecule has 2 aromatic heterocycles. The van der Waals surface area contributed by atoms with Gasteiger partial charge >= 0.3 is 6.18 Å². The number of amides is 1. The first-order valence-electron chi connectivity index (χ1n) is 8.03. The summed E-state index contributed by atoms with van der Waals surface area (Å²) in [5.74, 6) is -0.0644. The summed E-state index contributed by atoms with van der Waals surface area (Å²) in [6, 6.07) is 2.85. The number of halogens is 3. The molecule has 27 heavy (non-hydrogen) atoms. The zero-order valence-corrected chi connectivity index (χ0v) is 14.6. The fraction of sp³-hybridized carbons (Fsp3) is 0.353. The Labute approximate surface area is 152 Å². The van der Waals surface area contributed by atoms with Crippen LogP contribution in [0.5, 0.6) is 5.75 Å². The van der Waals surface area contributed by atoms with Crippen molar-refractivity contribution in [1.82, 2.24) is 14.9 Å². The number of alkyl halides is 3. The second-order valence-electron chi connectivity index (χ2n) is 6.18. The molecule has 1 saturated heterocycles. The molecule has 0 spiro atoms. The quantitative estimate of drug-likeness (QED) is 0.866. The highest BCUT2D eigenvalue weighted by Crippen LogP contribution is 2.31. The lowest BCUT2D eigenvalue weighted by molar-refractivity contribution is -0.137. The summed E-state index contributed by atoms with van der Waals surface area (Å²) in [5, 5.41) is 2.77. The van der Waals surface area contributed by atoms with E-state index in [1.807, 2.05) is 0 Å². The summed E-state index contributed by atoms with van der Waals surface area (Å²) in [6.45, 7) is 0.655. The number of ether oxygens (including phenoxy) is 1. The standard InChI is InChI=1S/C17H17F3N4O3/c1-23-9-12(13(27-2)6-15(23)25)16(26)22-11-7-24(8-11)14-5-10(3-4-21-14)17(18,19)20/h3-6,9,11H,7-8H2,1-2H3,(H,22,26). The monoisotopic (exact) mass is 382 g/mol. The van der Waals surface area contributed by atoms with Crippen LogP contribution in [0.15, 0.2) is 35.4 Å². The number of rotatable bonds is 4. The Kier molecular flexibility index (Phi) is 4.81. The number of aryl methyl sites for hydroxylation is 1. The van der Waals surface area contributed by atoms with Gasteiger partial charge in [0.05, 0.1) is 24.3 Å². The van der Waals surface area contributed by atoms with E-state index in [0.29, 0.717) is 13.1 Å². The summed E-state index contributed by atoms with van der Waals surface area (Å²) < 4.78 is 44.7. The van der Waals surface area contributed by atoms with Crippen molar-refractivity contribution in [3.63, 3.8) is 0 Å². The molecule has 3 rings (SSSR count). The van der Waals surface area contributed by atoms with Gasteiger partial charge < -0.3 is 19.5 Å². The highest BCUT2D eigenvalue weighted by molar-refractivity contribution is 5.97. The Balaban J connectivity index is 1.65. The molecule has 0 aliphatic carbocycles. The number of carbonyl (C=O) groups excluding carboxylic acids is 1. The molecule has 0 radical (unpaired) electrons. The van der Waals surface area contributed by atoms with Gasteiger partial charge in [0.25, 0.3) is 11.5 Å². The molecule has 1 fully saturated rings. The average Bonchev–Trinajstić information content (AvgIpc) is 2.58. The van der Waals surface area contributed by atoms with Gasteiger partial charge in [0.1, 0.15) is 11.6 Å². The van der Waals surface area contributed by atoms with E-state index in [0.717, 1.165) is 18.3 Å². The number of aromatic nitrogens is 2. The van der Waals surface area contributed by atoms with Crippen LogP contribution in [0.2, 0.25) is 0 Å². The van der Waals surface area contributed by atoms with Crippen LogP contribution in [0.4, 0.5) is 19.0 Å². The van der Waals surface area contributed by atoms with Crippen molar-refractivity contribution in [1.29, 1.82) is 0 Å². The molecule has 0 bridgehead atoms. The summed E-state index contributed by atoms with van der Waals surface area (Å²) in [4.78, 5) is 29.6. The fourth-order valence-corrected chi connectivity index (χ4v) is 2.74. The molecule has 1 aliphatic heterocycles. The Hall–Kier alpha value is -3.04. The lowest BCUT2D eigenvalue weighted by Crippen LogP contribution is -2.59. The number of hydrogen-bond donors (Lipinski definition) is 1. The summed E-state index contributed by atoms with van der Waals surface area (Å²) in [5.41, 5.74) is -0.876. The topological polar surface area (TPSA) is 76.5 Å². The Bertz CT molecular complexity index is 920. The van der Waals surface area contributed by atoms with Crippen molar-refractivity contribution in [2.45, 2.75) is 12.2 Å². The molecule has 1 amide bonds. The molecule has 0 unspecified atom stereocenters. The maximum atomic E-state index is 12.8. The van der Waals surface area contributed by atoms with Crippen molar-refractivity contribution in [3.8, 4) is 5.75 Å². The predicted octanol–water partition coefficient (Wildman–Crippen LogP) is 1.43. The van der Waals surface area contributed by atoms with Gasteiger partial charge in [-0.05, 0) is 12.1 Å². The maximum Gasteiger partial charge on any atom is 0.416 e. The van der Waals surface area contributed by atoms with Gasteiger partial charge in [0.2, 0.25) is 0 Å². The third kappa shape index (κ3) is 3.88. The van der Waals surface area contributed by atoms with Gasteiger partial charge in [-0.3, -0.25) is 9.59 Å². The van der Waals surface area contributed by atoms with E-state index in [1.54, 1.807) is 4.90 Å². The summed E-state index contributed by atoms with van der Waals surface area (Å²) in [7, 11) is 2.87. The summed E-state index contributed by atoms with van der Waals surface area (Å²) in [6.07, 6.45) is -1.95. The van der Waals surface area contributed by atoms with Crippen LogP contribution in [0.25, 0.3) is 0 Å². The van der Waals surface area contributed by atoms with Crippen LogP contribution in [-0.2, 0) is 13.2 Å². The zero-order valence-electron chi connectivity index (χ0n) is 14.6. The highest BCUT2D eigenvalue weighted by atomic mass is 19.4. The van der Waals surface area contributed by atoms with Crippen molar-refractivity contribution in [2.75, 3.05) is 25.1 Å². The molecule has 10 heteroatoms.